The predicted octanol–water partition coefficient (Wildman–Crippen LogP) is 2.91. The molecule has 106 valence electrons. The molecule has 0 bridgehead atoms. The molecule has 0 fully saturated rings. The van der Waals surface area contributed by atoms with Crippen molar-refractivity contribution in [1.29, 1.82) is 0 Å². The molecule has 3 heterocycles. The number of aryl methyl sites for hydroxylation is 1. The lowest BCUT2D eigenvalue weighted by molar-refractivity contribution is 0.356. The first kappa shape index (κ1) is 12.3. The van der Waals surface area contributed by atoms with Crippen LogP contribution in [0.15, 0.2) is 33.5 Å². The zero-order valence-electron chi connectivity index (χ0n) is 11.6. The smallest absolute Gasteiger partial charge is 0.270 e. The van der Waals surface area contributed by atoms with E-state index in [1.807, 2.05) is 12.1 Å². The second-order valence-electron chi connectivity index (χ2n) is 5.43. The predicted molar refractivity (Wildman–Crippen MR) is 74.2 cm³/mol. The van der Waals surface area contributed by atoms with Crippen molar-refractivity contribution >= 4 is 0 Å². The topological polar surface area (TPSA) is 77.8 Å². The van der Waals surface area contributed by atoms with Crippen molar-refractivity contribution in [3.05, 3.63) is 35.9 Å². The minimum atomic E-state index is 0.418. The van der Waals surface area contributed by atoms with Gasteiger partial charge >= 0.3 is 0 Å². The van der Waals surface area contributed by atoms with Gasteiger partial charge in [-0.05, 0) is 30.9 Å². The fourth-order valence-corrected chi connectivity index (χ4v) is 2.68. The minimum absolute atomic E-state index is 0.418. The molecule has 6 heteroatoms. The summed E-state index contributed by atoms with van der Waals surface area (Å²) in [7, 11) is 0. The van der Waals surface area contributed by atoms with Gasteiger partial charge in [-0.3, -0.25) is 4.98 Å². The van der Waals surface area contributed by atoms with Crippen LogP contribution >= 0.6 is 0 Å². The van der Waals surface area contributed by atoms with Gasteiger partial charge in [0.2, 0.25) is 5.89 Å². The SMILES string of the molecule is C[C@@H]1CCc2onc(-c3nnc(-c4ccncc4)o3)c2C1. The second-order valence-corrected chi connectivity index (χ2v) is 5.43. The Hall–Kier alpha value is -2.50. The molecule has 0 amide bonds. The molecule has 0 unspecified atom stereocenters. The van der Waals surface area contributed by atoms with E-state index in [2.05, 4.69) is 27.3 Å². The van der Waals surface area contributed by atoms with Crippen molar-refractivity contribution in [2.45, 2.75) is 26.2 Å². The molecule has 0 N–H and O–H groups in total. The molecule has 6 nitrogen and oxygen atoms in total. The molecule has 3 aromatic rings. The number of fused-ring (bicyclic) bond motifs is 1. The molecule has 1 aliphatic carbocycles. The van der Waals surface area contributed by atoms with Crippen molar-refractivity contribution < 1.29 is 8.94 Å². The van der Waals surface area contributed by atoms with E-state index in [9.17, 15) is 0 Å². The van der Waals surface area contributed by atoms with Crippen LogP contribution in [0.4, 0.5) is 0 Å². The Bertz CT molecular complexity index is 763. The van der Waals surface area contributed by atoms with Crippen molar-refractivity contribution in [2.75, 3.05) is 0 Å². The monoisotopic (exact) mass is 282 g/mol. The summed E-state index contributed by atoms with van der Waals surface area (Å²) in [5, 5.41) is 12.3. The molecule has 0 spiro atoms. The van der Waals surface area contributed by atoms with Gasteiger partial charge in [0.05, 0.1) is 0 Å². The average molecular weight is 282 g/mol. The van der Waals surface area contributed by atoms with Crippen LogP contribution < -0.4 is 0 Å². The van der Waals surface area contributed by atoms with E-state index in [1.54, 1.807) is 12.4 Å². The Labute approximate surface area is 121 Å². The number of aromatic nitrogens is 4. The van der Waals surface area contributed by atoms with Gasteiger partial charge in [0.15, 0.2) is 5.69 Å². The van der Waals surface area contributed by atoms with E-state index in [0.29, 0.717) is 23.4 Å². The molecular formula is C15H14N4O2. The summed E-state index contributed by atoms with van der Waals surface area (Å²) in [5.74, 6) is 2.46. The number of pyridine rings is 1. The second kappa shape index (κ2) is 4.80. The Balaban J connectivity index is 1.72. The van der Waals surface area contributed by atoms with Crippen molar-refractivity contribution in [2.24, 2.45) is 5.92 Å². The van der Waals surface area contributed by atoms with Crippen molar-refractivity contribution in [3.8, 4) is 23.0 Å². The van der Waals surface area contributed by atoms with E-state index in [4.69, 9.17) is 8.94 Å². The molecule has 3 aromatic heterocycles. The molecule has 0 aromatic carbocycles. The maximum Gasteiger partial charge on any atom is 0.270 e. The number of rotatable bonds is 2. The van der Waals surface area contributed by atoms with Gasteiger partial charge in [0.1, 0.15) is 5.76 Å². The zero-order valence-corrected chi connectivity index (χ0v) is 11.6. The molecule has 0 radical (unpaired) electrons. The molecule has 21 heavy (non-hydrogen) atoms. The first-order valence-corrected chi connectivity index (χ1v) is 7.03. The Morgan fingerprint density at radius 2 is 1.95 bits per heavy atom. The van der Waals surface area contributed by atoms with Crippen LogP contribution in [-0.4, -0.2) is 20.3 Å². The van der Waals surface area contributed by atoms with Crippen LogP contribution in [0.3, 0.4) is 0 Å². The van der Waals surface area contributed by atoms with Crippen LogP contribution in [0.2, 0.25) is 0 Å². The van der Waals surface area contributed by atoms with Crippen LogP contribution in [0, 0.1) is 5.92 Å². The van der Waals surface area contributed by atoms with Gasteiger partial charge in [-0.2, -0.15) is 0 Å². The summed E-state index contributed by atoms with van der Waals surface area (Å²) in [5.41, 5.74) is 2.64. The number of hydrogen-bond acceptors (Lipinski definition) is 6. The largest absolute Gasteiger partial charge is 0.414 e. The summed E-state index contributed by atoms with van der Waals surface area (Å²) in [6.07, 6.45) is 6.39. The van der Waals surface area contributed by atoms with E-state index in [-0.39, 0.29) is 0 Å². The summed E-state index contributed by atoms with van der Waals surface area (Å²) in [6.45, 7) is 2.23. The van der Waals surface area contributed by atoms with Crippen molar-refractivity contribution in [1.82, 2.24) is 20.3 Å². The fraction of sp³-hybridized carbons (Fsp3) is 0.333. The van der Waals surface area contributed by atoms with E-state index < -0.39 is 0 Å². The van der Waals surface area contributed by atoms with E-state index in [1.165, 1.54) is 0 Å². The normalized spacial score (nSPS) is 17.7. The van der Waals surface area contributed by atoms with Gasteiger partial charge in [0.25, 0.3) is 5.89 Å². The summed E-state index contributed by atoms with van der Waals surface area (Å²) < 4.78 is 11.2. The molecule has 0 aliphatic heterocycles. The van der Waals surface area contributed by atoms with Gasteiger partial charge < -0.3 is 8.94 Å². The third-order valence-corrected chi connectivity index (χ3v) is 3.84. The van der Waals surface area contributed by atoms with Gasteiger partial charge in [-0.25, -0.2) is 0 Å². The third kappa shape index (κ3) is 2.12. The zero-order chi connectivity index (χ0) is 14.2. The molecule has 0 saturated heterocycles. The van der Waals surface area contributed by atoms with Crippen LogP contribution in [0.25, 0.3) is 23.0 Å². The third-order valence-electron chi connectivity index (χ3n) is 3.84. The Morgan fingerprint density at radius 1 is 1.14 bits per heavy atom. The fourth-order valence-electron chi connectivity index (χ4n) is 2.68. The maximum atomic E-state index is 5.74. The Morgan fingerprint density at radius 3 is 2.81 bits per heavy atom. The highest BCUT2D eigenvalue weighted by Gasteiger charge is 2.27. The Kier molecular flexibility index (Phi) is 2.80. The molecule has 0 saturated carbocycles. The lowest BCUT2D eigenvalue weighted by Gasteiger charge is -2.15. The van der Waals surface area contributed by atoms with E-state index >= 15 is 0 Å². The quantitative estimate of drug-likeness (QED) is 0.719. The van der Waals surface area contributed by atoms with Crippen molar-refractivity contribution in [3.63, 3.8) is 0 Å². The minimum Gasteiger partial charge on any atom is -0.414 e. The van der Waals surface area contributed by atoms with Gasteiger partial charge in [-0.15, -0.1) is 10.2 Å². The average Bonchev–Trinajstić information content (AvgIpc) is 3.14. The highest BCUT2D eigenvalue weighted by atomic mass is 16.5. The highest BCUT2D eigenvalue weighted by Crippen LogP contribution is 2.33. The molecule has 1 aliphatic rings. The number of nitrogens with zero attached hydrogens (tertiary/aromatic N) is 4. The van der Waals surface area contributed by atoms with Crippen LogP contribution in [-0.2, 0) is 12.8 Å². The maximum absolute atomic E-state index is 5.74. The first-order valence-electron chi connectivity index (χ1n) is 7.03. The highest BCUT2D eigenvalue weighted by molar-refractivity contribution is 5.58. The van der Waals surface area contributed by atoms with E-state index in [0.717, 1.165) is 36.1 Å². The summed E-state index contributed by atoms with van der Waals surface area (Å²) >= 11 is 0. The van der Waals surface area contributed by atoms with Gasteiger partial charge in [-0.1, -0.05) is 12.1 Å². The number of hydrogen-bond donors (Lipinski definition) is 0. The molecule has 1 atom stereocenters. The lowest BCUT2D eigenvalue weighted by atomic mass is 9.88. The van der Waals surface area contributed by atoms with Gasteiger partial charge in [0, 0.05) is 29.9 Å². The molecular weight excluding hydrogens is 268 g/mol. The van der Waals surface area contributed by atoms with Crippen LogP contribution in [0.1, 0.15) is 24.7 Å². The summed E-state index contributed by atoms with van der Waals surface area (Å²) in [6, 6.07) is 3.66. The molecule has 4 rings (SSSR count). The first-order chi connectivity index (χ1) is 10.3. The van der Waals surface area contributed by atoms with Crippen LogP contribution in [0.5, 0.6) is 0 Å². The standard InChI is InChI=1S/C15H14N4O2/c1-9-2-3-12-11(8-9)13(19-21-12)15-18-17-14(20-15)10-4-6-16-7-5-10/h4-7,9H,2-3,8H2,1H3/t9-/m1/s1. The summed E-state index contributed by atoms with van der Waals surface area (Å²) in [4.78, 5) is 3.98. The lowest BCUT2D eigenvalue weighted by Crippen LogP contribution is -2.09.